The largest absolute Gasteiger partial charge is 0.309 e. The van der Waals surface area contributed by atoms with Crippen molar-refractivity contribution in [3.8, 4) is 68.0 Å². The minimum absolute atomic E-state index is 0.675. The normalized spacial score (nSPS) is 12.0. The molecule has 0 radical (unpaired) electrons. The predicted molar refractivity (Wildman–Crippen MR) is 334 cm³/mol. The fraction of sp³-hybridized carbons (Fsp3) is 0. The van der Waals surface area contributed by atoms with E-state index in [-0.39, 0.29) is 0 Å². The van der Waals surface area contributed by atoms with Crippen LogP contribution < -0.4 is 0 Å². The summed E-state index contributed by atoms with van der Waals surface area (Å²) in [6, 6.07) is 97.5. The van der Waals surface area contributed by atoms with Crippen molar-refractivity contribution >= 4 is 108 Å². The summed E-state index contributed by atoms with van der Waals surface area (Å²) in [5, 5.41) is 39.0. The lowest BCUT2D eigenvalue weighted by Crippen LogP contribution is -1.95. The van der Waals surface area contributed by atoms with Crippen LogP contribution in [0.15, 0.2) is 255 Å². The molecule has 4 nitrogen and oxygen atoms in total. The second-order valence-electron chi connectivity index (χ2n) is 21.2. The molecule has 15 aromatic carbocycles. The summed E-state index contributed by atoms with van der Waals surface area (Å²) in [6.07, 6.45) is 0. The zero-order chi connectivity index (χ0) is 52.7. The standard InChI is InChI=1S/C76H42N4/c77-43-49-27-37-67-73-57(49)31-33-61-55(35-39-69(75(61)73)79(67)51-17-3-1-4-18-51)47-25-29-63-65(41-47)71(59-23-11-15-45-13-7-9-21-53(45)59)64-30-26-48(42-66(64)72(63)60-24-12-16-46-14-8-10-22-54(46)60)56-36-40-70-76-62(56)34-32-58-50(44-78)28-38-68(74(58)76)80(70)52-19-5-2-6-20-52/h1-42H. The van der Waals surface area contributed by atoms with Gasteiger partial charge in [-0.2, -0.15) is 10.5 Å². The number of nitrogens with zero attached hydrogens (tertiary/aromatic N) is 4. The first-order chi connectivity index (χ1) is 39.6. The maximum atomic E-state index is 10.4. The van der Waals surface area contributed by atoms with Gasteiger partial charge in [-0.15, -0.1) is 0 Å². The summed E-state index contributed by atoms with van der Waals surface area (Å²) in [7, 11) is 0. The van der Waals surface area contributed by atoms with Crippen LogP contribution in [0, 0.1) is 22.7 Å². The topological polar surface area (TPSA) is 57.4 Å². The molecule has 80 heavy (non-hydrogen) atoms. The van der Waals surface area contributed by atoms with E-state index in [0.29, 0.717) is 11.1 Å². The number of hydrogen-bond acceptors (Lipinski definition) is 2. The van der Waals surface area contributed by atoms with Crippen molar-refractivity contribution in [1.29, 1.82) is 10.5 Å². The molecule has 2 heterocycles. The first kappa shape index (κ1) is 44.1. The van der Waals surface area contributed by atoms with Crippen LogP contribution in [0.2, 0.25) is 0 Å². The lowest BCUT2D eigenvalue weighted by molar-refractivity contribution is 1.18. The molecule has 0 bridgehead atoms. The van der Waals surface area contributed by atoms with Crippen LogP contribution in [0.3, 0.4) is 0 Å². The Bertz CT molecular complexity index is 5190. The van der Waals surface area contributed by atoms with Gasteiger partial charge in [-0.1, -0.05) is 182 Å². The smallest absolute Gasteiger partial charge is 0.0998 e. The predicted octanol–water partition coefficient (Wildman–Crippen LogP) is 20.1. The van der Waals surface area contributed by atoms with Crippen molar-refractivity contribution in [3.63, 3.8) is 0 Å². The number of rotatable bonds is 6. The van der Waals surface area contributed by atoms with Crippen LogP contribution in [0.5, 0.6) is 0 Å². The van der Waals surface area contributed by atoms with E-state index in [0.717, 1.165) is 98.8 Å². The Labute approximate surface area is 459 Å². The van der Waals surface area contributed by atoms with Crippen LogP contribution in [-0.4, -0.2) is 9.13 Å². The Morgan fingerprint density at radius 3 is 1.05 bits per heavy atom. The molecular weight excluding hydrogens is 969 g/mol. The average Bonchev–Trinajstić information content (AvgIpc) is 4.24. The molecule has 0 aliphatic heterocycles. The van der Waals surface area contributed by atoms with E-state index in [1.165, 1.54) is 65.3 Å². The quantitative estimate of drug-likeness (QED) is 0.123. The van der Waals surface area contributed by atoms with E-state index in [2.05, 4.69) is 264 Å². The van der Waals surface area contributed by atoms with Crippen LogP contribution in [-0.2, 0) is 0 Å². The third kappa shape index (κ3) is 6.08. The molecule has 0 atom stereocenters. The SMILES string of the molecule is N#Cc1ccc2c3c1ccc1c(-c4ccc5c(-c6cccc7ccccc67)c6cc(-c7ccc8c9c7ccc7c(C#N)ccc(c79)n8-c7ccccc7)ccc6c(-c6cccc7ccccc67)c5c4)ccc(c13)n2-c1ccccc1. The van der Waals surface area contributed by atoms with Crippen molar-refractivity contribution in [3.05, 3.63) is 266 Å². The maximum Gasteiger partial charge on any atom is 0.0998 e. The van der Waals surface area contributed by atoms with Crippen LogP contribution in [0.1, 0.15) is 11.1 Å². The zero-order valence-corrected chi connectivity index (χ0v) is 43.0. The van der Waals surface area contributed by atoms with Gasteiger partial charge in [-0.25, -0.2) is 0 Å². The van der Waals surface area contributed by atoms with Gasteiger partial charge in [-0.3, -0.25) is 0 Å². The molecule has 17 rings (SSSR count). The fourth-order valence-electron chi connectivity index (χ4n) is 14.0. The second kappa shape index (κ2) is 16.7. The van der Waals surface area contributed by atoms with E-state index >= 15 is 0 Å². The highest BCUT2D eigenvalue weighted by Crippen LogP contribution is 2.51. The molecule has 0 fully saturated rings. The molecule has 0 aliphatic rings. The molecule has 0 amide bonds. The summed E-state index contributed by atoms with van der Waals surface area (Å²) in [5.41, 5.74) is 17.2. The number of fused-ring (bicyclic) bond motifs is 4. The molecule has 0 unspecified atom stereocenters. The van der Waals surface area contributed by atoms with Gasteiger partial charge in [0.25, 0.3) is 0 Å². The Balaban J connectivity index is 0.982. The molecule has 17 aromatic rings. The Hall–Kier alpha value is -11.0. The zero-order valence-electron chi connectivity index (χ0n) is 43.0. The molecule has 0 spiro atoms. The number of benzene rings is 15. The van der Waals surface area contributed by atoms with E-state index in [4.69, 9.17) is 0 Å². The lowest BCUT2D eigenvalue weighted by Gasteiger charge is -2.22. The van der Waals surface area contributed by atoms with Crippen LogP contribution in [0.25, 0.3) is 164 Å². The van der Waals surface area contributed by atoms with Gasteiger partial charge in [0, 0.05) is 43.7 Å². The summed E-state index contributed by atoms with van der Waals surface area (Å²) in [5.74, 6) is 0. The van der Waals surface area contributed by atoms with Crippen LogP contribution >= 0.6 is 0 Å². The summed E-state index contributed by atoms with van der Waals surface area (Å²) in [6.45, 7) is 0. The summed E-state index contributed by atoms with van der Waals surface area (Å²) >= 11 is 0. The van der Waals surface area contributed by atoms with Crippen molar-refractivity contribution in [2.24, 2.45) is 0 Å². The minimum atomic E-state index is 0.675. The first-order valence-electron chi connectivity index (χ1n) is 27.2. The Morgan fingerprint density at radius 2 is 0.613 bits per heavy atom. The highest BCUT2D eigenvalue weighted by Gasteiger charge is 2.26. The molecule has 0 saturated carbocycles. The Kier molecular flexibility index (Phi) is 9.23. The Morgan fingerprint density at radius 1 is 0.250 bits per heavy atom. The van der Waals surface area contributed by atoms with Crippen molar-refractivity contribution < 1.29 is 0 Å². The van der Waals surface area contributed by atoms with E-state index in [1.54, 1.807) is 0 Å². The summed E-state index contributed by atoms with van der Waals surface area (Å²) < 4.78 is 4.69. The van der Waals surface area contributed by atoms with Crippen LogP contribution in [0.4, 0.5) is 0 Å². The molecule has 4 heteroatoms. The van der Waals surface area contributed by atoms with Gasteiger partial charge < -0.3 is 9.13 Å². The van der Waals surface area contributed by atoms with E-state index in [9.17, 15) is 10.5 Å². The molecule has 366 valence electrons. The third-order valence-corrected chi connectivity index (χ3v) is 17.3. The van der Waals surface area contributed by atoms with Gasteiger partial charge >= 0.3 is 0 Å². The van der Waals surface area contributed by atoms with Gasteiger partial charge in [0.1, 0.15) is 0 Å². The molecule has 0 saturated heterocycles. The number of para-hydroxylation sites is 2. The third-order valence-electron chi connectivity index (χ3n) is 17.3. The highest BCUT2D eigenvalue weighted by molar-refractivity contribution is 6.31. The van der Waals surface area contributed by atoms with E-state index < -0.39 is 0 Å². The average molecular weight is 1010 g/mol. The first-order valence-corrected chi connectivity index (χ1v) is 27.2. The monoisotopic (exact) mass is 1010 g/mol. The number of hydrogen-bond donors (Lipinski definition) is 0. The second-order valence-corrected chi connectivity index (χ2v) is 21.2. The summed E-state index contributed by atoms with van der Waals surface area (Å²) in [4.78, 5) is 0. The molecular formula is C76H42N4. The van der Waals surface area contributed by atoms with Gasteiger partial charge in [0.15, 0.2) is 0 Å². The molecule has 2 aromatic heterocycles. The lowest BCUT2D eigenvalue weighted by atomic mass is 9.81. The van der Waals surface area contributed by atoms with E-state index in [1.807, 2.05) is 12.1 Å². The van der Waals surface area contributed by atoms with Gasteiger partial charge in [0.2, 0.25) is 0 Å². The highest BCUT2D eigenvalue weighted by atomic mass is 15.0. The van der Waals surface area contributed by atoms with Crippen molar-refractivity contribution in [2.75, 3.05) is 0 Å². The fourth-order valence-corrected chi connectivity index (χ4v) is 14.0. The number of aromatic nitrogens is 2. The van der Waals surface area contributed by atoms with Gasteiger partial charge in [0.05, 0.1) is 45.3 Å². The maximum absolute atomic E-state index is 10.4. The molecule has 0 N–H and O–H groups in total. The van der Waals surface area contributed by atoms with Crippen molar-refractivity contribution in [1.82, 2.24) is 9.13 Å². The molecule has 0 aliphatic carbocycles. The van der Waals surface area contributed by atoms with Gasteiger partial charge in [-0.05, 0) is 171 Å². The minimum Gasteiger partial charge on any atom is -0.309 e. The van der Waals surface area contributed by atoms with Crippen molar-refractivity contribution in [2.45, 2.75) is 0 Å². The number of nitriles is 2.